The summed E-state index contributed by atoms with van der Waals surface area (Å²) in [7, 11) is 0. The second kappa shape index (κ2) is 6.93. The molecule has 2 aromatic carbocycles. The zero-order valence-electron chi connectivity index (χ0n) is 13.6. The average Bonchev–Trinajstić information content (AvgIpc) is 3.04. The average molecular weight is 337 g/mol. The highest BCUT2D eigenvalue weighted by molar-refractivity contribution is 8.00. The number of nitrogens with two attached hydrogens (primary N) is 1. The van der Waals surface area contributed by atoms with Gasteiger partial charge in [-0.05, 0) is 42.7 Å². The number of amides is 1. The molecule has 2 N–H and O–H groups in total. The molecular formula is C19H19N3OS. The maximum atomic E-state index is 11.9. The van der Waals surface area contributed by atoms with Crippen LogP contribution < -0.4 is 5.73 Å². The Morgan fingerprint density at radius 2 is 1.88 bits per heavy atom. The molecule has 3 aromatic rings. The summed E-state index contributed by atoms with van der Waals surface area (Å²) in [6.07, 6.45) is 3.63. The van der Waals surface area contributed by atoms with Gasteiger partial charge in [0.15, 0.2) is 5.16 Å². The van der Waals surface area contributed by atoms with E-state index in [1.807, 2.05) is 41.1 Å². The number of primary amides is 1. The number of rotatable bonds is 5. The van der Waals surface area contributed by atoms with E-state index in [2.05, 4.69) is 37.0 Å². The van der Waals surface area contributed by atoms with E-state index >= 15 is 0 Å². The van der Waals surface area contributed by atoms with Crippen molar-refractivity contribution < 1.29 is 4.79 Å². The van der Waals surface area contributed by atoms with Gasteiger partial charge in [-0.25, -0.2) is 4.98 Å². The zero-order chi connectivity index (χ0) is 17.1. The molecule has 0 aliphatic rings. The molecule has 3 rings (SSSR count). The number of aromatic nitrogens is 2. The second-order valence-electron chi connectivity index (χ2n) is 5.66. The predicted octanol–water partition coefficient (Wildman–Crippen LogP) is 3.81. The number of aryl methyl sites for hydroxylation is 2. The van der Waals surface area contributed by atoms with Crippen LogP contribution in [0.25, 0.3) is 5.69 Å². The van der Waals surface area contributed by atoms with Gasteiger partial charge in [-0.2, -0.15) is 0 Å². The van der Waals surface area contributed by atoms with Crippen LogP contribution in [0.1, 0.15) is 21.9 Å². The fourth-order valence-electron chi connectivity index (χ4n) is 2.47. The molecule has 1 aromatic heterocycles. The Bertz CT molecular complexity index is 858. The smallest absolute Gasteiger partial charge is 0.235 e. The van der Waals surface area contributed by atoms with E-state index in [1.165, 1.54) is 22.9 Å². The van der Waals surface area contributed by atoms with Crippen molar-refractivity contribution in [1.29, 1.82) is 0 Å². The molecule has 1 atom stereocenters. The van der Waals surface area contributed by atoms with E-state index in [1.54, 1.807) is 6.20 Å². The lowest BCUT2D eigenvalue weighted by atomic mass is 10.1. The van der Waals surface area contributed by atoms with Crippen LogP contribution in [0.3, 0.4) is 0 Å². The van der Waals surface area contributed by atoms with Gasteiger partial charge in [-0.3, -0.25) is 9.36 Å². The number of benzene rings is 2. The van der Waals surface area contributed by atoms with Gasteiger partial charge >= 0.3 is 0 Å². The fourth-order valence-corrected chi connectivity index (χ4v) is 3.49. The van der Waals surface area contributed by atoms with Gasteiger partial charge in [0, 0.05) is 18.1 Å². The topological polar surface area (TPSA) is 60.9 Å². The number of hydrogen-bond acceptors (Lipinski definition) is 3. The quantitative estimate of drug-likeness (QED) is 0.720. The van der Waals surface area contributed by atoms with Crippen LogP contribution in [0, 0.1) is 13.8 Å². The van der Waals surface area contributed by atoms with Crippen molar-refractivity contribution in [2.24, 2.45) is 5.73 Å². The first kappa shape index (κ1) is 16.3. The molecule has 1 amide bonds. The molecule has 0 saturated heterocycles. The molecule has 4 nitrogen and oxygen atoms in total. The first-order valence-corrected chi connectivity index (χ1v) is 8.56. The molecule has 0 saturated carbocycles. The van der Waals surface area contributed by atoms with E-state index < -0.39 is 5.25 Å². The predicted molar refractivity (Wildman–Crippen MR) is 97.3 cm³/mol. The molecule has 0 aliphatic carbocycles. The monoisotopic (exact) mass is 337 g/mol. The van der Waals surface area contributed by atoms with E-state index in [0.717, 1.165) is 16.4 Å². The SMILES string of the molecule is Cc1ccc(-n2ccnc2S[C@H](C(N)=O)c2ccccc2)cc1C. The standard InChI is InChI=1S/C19H19N3OS/c1-13-8-9-16(12-14(13)2)22-11-10-21-19(22)24-17(18(20)23)15-6-4-3-5-7-15/h3-12,17H,1-2H3,(H2,20,23)/t17-/m0/s1. The Kier molecular flexibility index (Phi) is 4.71. The van der Waals surface area contributed by atoms with E-state index in [9.17, 15) is 4.79 Å². The normalized spacial score (nSPS) is 12.1. The van der Waals surface area contributed by atoms with Crippen LogP contribution in [-0.2, 0) is 4.79 Å². The molecular weight excluding hydrogens is 318 g/mol. The largest absolute Gasteiger partial charge is 0.368 e. The van der Waals surface area contributed by atoms with Gasteiger partial charge in [0.1, 0.15) is 5.25 Å². The van der Waals surface area contributed by atoms with Gasteiger partial charge in [0.25, 0.3) is 0 Å². The van der Waals surface area contributed by atoms with Crippen molar-refractivity contribution in [3.63, 3.8) is 0 Å². The second-order valence-corrected chi connectivity index (χ2v) is 6.73. The van der Waals surface area contributed by atoms with E-state index in [4.69, 9.17) is 5.73 Å². The summed E-state index contributed by atoms with van der Waals surface area (Å²) in [4.78, 5) is 16.3. The number of thioether (sulfide) groups is 1. The van der Waals surface area contributed by atoms with Crippen molar-refractivity contribution >= 4 is 17.7 Å². The highest BCUT2D eigenvalue weighted by atomic mass is 32.2. The molecule has 0 bridgehead atoms. The first-order chi connectivity index (χ1) is 11.6. The minimum atomic E-state index is -0.473. The van der Waals surface area contributed by atoms with Crippen LogP contribution in [0.2, 0.25) is 0 Å². The summed E-state index contributed by atoms with van der Waals surface area (Å²) in [5.74, 6) is -0.374. The third-order valence-electron chi connectivity index (χ3n) is 3.96. The zero-order valence-corrected chi connectivity index (χ0v) is 14.5. The minimum Gasteiger partial charge on any atom is -0.368 e. The third kappa shape index (κ3) is 3.36. The van der Waals surface area contributed by atoms with Crippen molar-refractivity contribution in [2.75, 3.05) is 0 Å². The van der Waals surface area contributed by atoms with Crippen LogP contribution in [-0.4, -0.2) is 15.5 Å². The summed E-state index contributed by atoms with van der Waals surface area (Å²) in [6, 6.07) is 15.8. The Balaban J connectivity index is 1.94. The van der Waals surface area contributed by atoms with Crippen molar-refractivity contribution in [3.8, 4) is 5.69 Å². The van der Waals surface area contributed by atoms with Crippen molar-refractivity contribution in [1.82, 2.24) is 9.55 Å². The lowest BCUT2D eigenvalue weighted by Crippen LogP contribution is -2.19. The van der Waals surface area contributed by atoms with Gasteiger partial charge in [0.05, 0.1) is 0 Å². The first-order valence-electron chi connectivity index (χ1n) is 7.68. The summed E-state index contributed by atoms with van der Waals surface area (Å²) in [6.45, 7) is 4.17. The highest BCUT2D eigenvalue weighted by Gasteiger charge is 2.22. The molecule has 5 heteroatoms. The molecule has 0 spiro atoms. The van der Waals surface area contributed by atoms with Gasteiger partial charge < -0.3 is 5.73 Å². The van der Waals surface area contributed by atoms with Crippen LogP contribution in [0.4, 0.5) is 0 Å². The maximum Gasteiger partial charge on any atom is 0.235 e. The lowest BCUT2D eigenvalue weighted by Gasteiger charge is -2.15. The van der Waals surface area contributed by atoms with Gasteiger partial charge in [0.2, 0.25) is 5.91 Å². The minimum absolute atomic E-state index is 0.374. The Hall–Kier alpha value is -2.53. The summed E-state index contributed by atoms with van der Waals surface area (Å²) in [5, 5.41) is 0.268. The molecule has 0 radical (unpaired) electrons. The number of carbonyl (C=O) groups is 1. The van der Waals surface area contributed by atoms with Crippen LogP contribution in [0.5, 0.6) is 0 Å². The number of carbonyl (C=O) groups excluding carboxylic acids is 1. The molecule has 122 valence electrons. The lowest BCUT2D eigenvalue weighted by molar-refractivity contribution is -0.117. The summed E-state index contributed by atoms with van der Waals surface area (Å²) >= 11 is 1.37. The molecule has 0 aliphatic heterocycles. The number of nitrogens with zero attached hydrogens (tertiary/aromatic N) is 2. The summed E-state index contributed by atoms with van der Waals surface area (Å²) < 4.78 is 1.98. The van der Waals surface area contributed by atoms with Crippen LogP contribution in [0.15, 0.2) is 66.1 Å². The van der Waals surface area contributed by atoms with Gasteiger partial charge in [-0.1, -0.05) is 48.2 Å². The van der Waals surface area contributed by atoms with E-state index in [0.29, 0.717) is 0 Å². The molecule has 0 unspecified atom stereocenters. The number of hydrogen-bond donors (Lipinski definition) is 1. The van der Waals surface area contributed by atoms with E-state index in [-0.39, 0.29) is 5.91 Å². The highest BCUT2D eigenvalue weighted by Crippen LogP contribution is 2.35. The van der Waals surface area contributed by atoms with Gasteiger partial charge in [-0.15, -0.1) is 0 Å². The van der Waals surface area contributed by atoms with Crippen molar-refractivity contribution in [2.45, 2.75) is 24.3 Å². The molecule has 0 fully saturated rings. The maximum absolute atomic E-state index is 11.9. The summed E-state index contributed by atoms with van der Waals surface area (Å²) in [5.41, 5.74) is 9.98. The third-order valence-corrected chi connectivity index (χ3v) is 5.21. The molecule has 24 heavy (non-hydrogen) atoms. The Morgan fingerprint density at radius 1 is 1.12 bits per heavy atom. The van der Waals surface area contributed by atoms with Crippen molar-refractivity contribution in [3.05, 3.63) is 77.6 Å². The number of imidazole rings is 1. The molecule has 1 heterocycles. The fraction of sp³-hybridized carbons (Fsp3) is 0.158. The van der Waals surface area contributed by atoms with Crippen LogP contribution >= 0.6 is 11.8 Å². The Labute approximate surface area is 145 Å². The Morgan fingerprint density at radius 3 is 2.54 bits per heavy atom.